The Morgan fingerprint density at radius 1 is 1.05 bits per heavy atom. The maximum Gasteiger partial charge on any atom is 0.204 e. The number of sulfone groups is 1. The topological polar surface area (TPSA) is 131 Å². The van der Waals surface area contributed by atoms with Gasteiger partial charge < -0.3 is 18.6 Å². The second-order valence-electron chi connectivity index (χ2n) is 8.87. The minimum Gasteiger partial charge on any atom is -0.494 e. The van der Waals surface area contributed by atoms with Crippen LogP contribution in [0.3, 0.4) is 0 Å². The van der Waals surface area contributed by atoms with Gasteiger partial charge >= 0.3 is 0 Å². The number of ether oxygens (including phenoxy) is 3. The Balaban J connectivity index is 1.82. The maximum atomic E-state index is 13.9. The highest BCUT2D eigenvalue weighted by atomic mass is 32.2. The summed E-state index contributed by atoms with van der Waals surface area (Å²) in [7, 11) is -0.880. The molecule has 3 heterocycles. The second kappa shape index (κ2) is 11.8. The smallest absolute Gasteiger partial charge is 0.204 e. The molecule has 2 atom stereocenters. The lowest BCUT2D eigenvalue weighted by Gasteiger charge is -2.23. The number of rotatable bonds is 12. The van der Waals surface area contributed by atoms with Crippen molar-refractivity contribution in [3.63, 3.8) is 0 Å². The SMILES string of the molecule is C=CCO[C@H](c1ncc(C)cn1)[C@@H](C)S(=O)(=O)Cc1nnc(-c2ccc(C)o2)n1-c1c(OC)cccc1OC. The maximum absolute atomic E-state index is 13.9. The van der Waals surface area contributed by atoms with Crippen molar-refractivity contribution in [2.24, 2.45) is 0 Å². The van der Waals surface area contributed by atoms with Crippen molar-refractivity contribution in [3.8, 4) is 28.8 Å². The summed E-state index contributed by atoms with van der Waals surface area (Å²) in [5, 5.41) is 7.56. The van der Waals surface area contributed by atoms with E-state index < -0.39 is 26.9 Å². The number of nitrogens with zero attached hydrogens (tertiary/aromatic N) is 5. The molecule has 0 aliphatic carbocycles. The molecular formula is C27H31N5O6S. The molecule has 1 aromatic carbocycles. The zero-order chi connectivity index (χ0) is 28.2. The van der Waals surface area contributed by atoms with Gasteiger partial charge in [-0.25, -0.2) is 18.4 Å². The quantitative estimate of drug-likeness (QED) is 0.235. The van der Waals surface area contributed by atoms with Crippen LogP contribution in [0, 0.1) is 13.8 Å². The van der Waals surface area contributed by atoms with Crippen molar-refractivity contribution in [2.45, 2.75) is 37.9 Å². The van der Waals surface area contributed by atoms with Crippen molar-refractivity contribution < 1.29 is 27.0 Å². The Hall–Kier alpha value is -4.03. The zero-order valence-corrected chi connectivity index (χ0v) is 23.3. The van der Waals surface area contributed by atoms with Crippen molar-refractivity contribution in [1.29, 1.82) is 0 Å². The van der Waals surface area contributed by atoms with Gasteiger partial charge in [0.05, 0.1) is 26.1 Å². The first kappa shape index (κ1) is 28.0. The number of para-hydroxylation sites is 1. The Morgan fingerprint density at radius 2 is 1.72 bits per heavy atom. The van der Waals surface area contributed by atoms with E-state index in [2.05, 4.69) is 26.7 Å². The molecule has 0 saturated carbocycles. The lowest BCUT2D eigenvalue weighted by atomic mass is 10.2. The lowest BCUT2D eigenvalue weighted by Crippen LogP contribution is -2.30. The molecule has 0 amide bonds. The van der Waals surface area contributed by atoms with Crippen LogP contribution in [0.1, 0.15) is 36.0 Å². The molecule has 0 saturated heterocycles. The minimum atomic E-state index is -3.91. The minimum absolute atomic E-state index is 0.123. The Bertz CT molecular complexity index is 1520. The van der Waals surface area contributed by atoms with Crippen LogP contribution in [0.4, 0.5) is 0 Å². The van der Waals surface area contributed by atoms with Gasteiger partial charge in [-0.1, -0.05) is 12.1 Å². The lowest BCUT2D eigenvalue weighted by molar-refractivity contribution is 0.0669. The fourth-order valence-electron chi connectivity index (χ4n) is 4.05. The van der Waals surface area contributed by atoms with Gasteiger partial charge in [-0.15, -0.1) is 16.8 Å². The van der Waals surface area contributed by atoms with E-state index in [1.54, 1.807) is 67.2 Å². The summed E-state index contributed by atoms with van der Waals surface area (Å²) in [6.07, 6.45) is 3.85. The summed E-state index contributed by atoms with van der Waals surface area (Å²) >= 11 is 0. The molecule has 0 N–H and O–H groups in total. The first-order valence-corrected chi connectivity index (χ1v) is 13.9. The fraction of sp³-hybridized carbons (Fsp3) is 0.333. The van der Waals surface area contributed by atoms with Gasteiger partial charge in [0.1, 0.15) is 34.8 Å². The highest BCUT2D eigenvalue weighted by Crippen LogP contribution is 2.37. The van der Waals surface area contributed by atoms with E-state index in [1.807, 2.05) is 6.92 Å². The number of furan rings is 1. The van der Waals surface area contributed by atoms with Crippen molar-refractivity contribution >= 4 is 9.84 Å². The largest absolute Gasteiger partial charge is 0.494 e. The highest BCUT2D eigenvalue weighted by Gasteiger charge is 2.36. The number of hydrogen-bond acceptors (Lipinski definition) is 10. The summed E-state index contributed by atoms with van der Waals surface area (Å²) in [5.41, 5.74) is 1.28. The van der Waals surface area contributed by atoms with Crippen LogP contribution in [0.15, 0.2) is 59.8 Å². The standard InChI is InChI=1S/C27H31N5O6S/c1-7-13-37-25(26-28-14-17(2)15-29-26)19(4)39(33,34)16-23-30-31-27(22-12-11-18(3)38-22)32(23)24-20(35-5)9-8-10-21(24)36-6/h7-12,14-15,19,25H,1,13,16H2,2-6H3/t19-,25+/m1/s1. The Labute approximate surface area is 227 Å². The molecular weight excluding hydrogens is 522 g/mol. The van der Waals surface area contributed by atoms with Gasteiger partial charge in [-0.2, -0.15) is 0 Å². The van der Waals surface area contributed by atoms with Gasteiger partial charge in [-0.05, 0) is 50.6 Å². The van der Waals surface area contributed by atoms with Crippen molar-refractivity contribution in [1.82, 2.24) is 24.7 Å². The molecule has 0 spiro atoms. The van der Waals surface area contributed by atoms with Gasteiger partial charge in [0.25, 0.3) is 0 Å². The monoisotopic (exact) mass is 553 g/mol. The van der Waals surface area contributed by atoms with E-state index in [0.29, 0.717) is 34.5 Å². The number of aryl methyl sites for hydroxylation is 2. The van der Waals surface area contributed by atoms with E-state index >= 15 is 0 Å². The molecule has 0 aliphatic rings. The third kappa shape index (κ3) is 5.86. The van der Waals surface area contributed by atoms with E-state index in [0.717, 1.165) is 5.56 Å². The van der Waals surface area contributed by atoms with E-state index in [9.17, 15) is 8.42 Å². The molecule has 0 bridgehead atoms. The van der Waals surface area contributed by atoms with Crippen molar-refractivity contribution in [2.75, 3.05) is 20.8 Å². The molecule has 206 valence electrons. The van der Waals surface area contributed by atoms with E-state index in [4.69, 9.17) is 18.6 Å². The zero-order valence-electron chi connectivity index (χ0n) is 22.5. The normalized spacial score (nSPS) is 13.2. The summed E-state index contributed by atoms with van der Waals surface area (Å²) < 4.78 is 52.2. The molecule has 0 unspecified atom stereocenters. The first-order chi connectivity index (χ1) is 18.7. The number of methoxy groups -OCH3 is 2. The van der Waals surface area contributed by atoms with Crippen LogP contribution in [0.25, 0.3) is 17.3 Å². The molecule has 11 nitrogen and oxygen atoms in total. The third-order valence-corrected chi connectivity index (χ3v) is 8.13. The summed E-state index contributed by atoms with van der Waals surface area (Å²) in [6, 6.07) is 8.78. The van der Waals surface area contributed by atoms with Crippen LogP contribution in [0.5, 0.6) is 11.5 Å². The summed E-state index contributed by atoms with van der Waals surface area (Å²) in [6.45, 7) is 9.01. The number of benzene rings is 1. The molecule has 4 aromatic rings. The van der Waals surface area contributed by atoms with Gasteiger partial charge in [0.2, 0.25) is 5.82 Å². The second-order valence-corrected chi connectivity index (χ2v) is 11.2. The average Bonchev–Trinajstić information content (AvgIpc) is 3.54. The van der Waals surface area contributed by atoms with Crippen molar-refractivity contribution in [3.05, 3.63) is 78.4 Å². The predicted molar refractivity (Wildman–Crippen MR) is 145 cm³/mol. The predicted octanol–water partition coefficient (Wildman–Crippen LogP) is 4.20. The summed E-state index contributed by atoms with van der Waals surface area (Å²) in [5.74, 6) is 2.17. The van der Waals surface area contributed by atoms with Crippen LogP contribution in [-0.4, -0.2) is 59.2 Å². The fourth-order valence-corrected chi connectivity index (χ4v) is 5.44. The van der Waals surface area contributed by atoms with Gasteiger partial charge in [-0.3, -0.25) is 4.57 Å². The van der Waals surface area contributed by atoms with E-state index in [-0.39, 0.29) is 18.3 Å². The number of hydrogen-bond donors (Lipinski definition) is 0. The van der Waals surface area contributed by atoms with Crippen LogP contribution >= 0.6 is 0 Å². The van der Waals surface area contributed by atoms with Crippen LogP contribution in [-0.2, 0) is 20.3 Å². The molecule has 0 aliphatic heterocycles. The first-order valence-electron chi connectivity index (χ1n) is 12.1. The van der Waals surface area contributed by atoms with Gasteiger partial charge in [0.15, 0.2) is 27.2 Å². The van der Waals surface area contributed by atoms with Gasteiger partial charge in [0, 0.05) is 12.4 Å². The summed E-state index contributed by atoms with van der Waals surface area (Å²) in [4.78, 5) is 8.63. The molecule has 4 rings (SSSR count). The Kier molecular flexibility index (Phi) is 8.46. The molecule has 0 radical (unpaired) electrons. The molecule has 0 fully saturated rings. The average molecular weight is 554 g/mol. The van der Waals surface area contributed by atoms with Crippen LogP contribution in [0.2, 0.25) is 0 Å². The number of aromatic nitrogens is 5. The molecule has 12 heteroatoms. The third-order valence-electron chi connectivity index (χ3n) is 6.09. The Morgan fingerprint density at radius 3 is 2.28 bits per heavy atom. The highest BCUT2D eigenvalue weighted by molar-refractivity contribution is 7.91. The van der Waals surface area contributed by atoms with E-state index in [1.165, 1.54) is 14.2 Å². The van der Waals surface area contributed by atoms with Crippen LogP contribution < -0.4 is 9.47 Å². The molecule has 3 aromatic heterocycles. The molecule has 39 heavy (non-hydrogen) atoms.